The molecule has 1 unspecified atom stereocenters. The Morgan fingerprint density at radius 2 is 1.73 bits per heavy atom. The van der Waals surface area contributed by atoms with Crippen molar-refractivity contribution in [1.82, 2.24) is 4.90 Å². The van der Waals surface area contributed by atoms with Gasteiger partial charge in [-0.05, 0) is 24.0 Å². The van der Waals surface area contributed by atoms with Crippen molar-refractivity contribution in [3.05, 3.63) is 29.8 Å². The fourth-order valence-electron chi connectivity index (χ4n) is 2.97. The maximum atomic E-state index is 12.9. The summed E-state index contributed by atoms with van der Waals surface area (Å²) in [4.78, 5) is 22.8. The fraction of sp³-hybridized carbons (Fsp3) is 0.529. The highest BCUT2D eigenvalue weighted by molar-refractivity contribution is 5.80. The fourth-order valence-corrected chi connectivity index (χ4v) is 2.97. The second-order valence-electron chi connectivity index (χ2n) is 6.89. The largest absolute Gasteiger partial charge is 0.490 e. The van der Waals surface area contributed by atoms with Crippen molar-refractivity contribution in [3.8, 4) is 0 Å². The van der Waals surface area contributed by atoms with Crippen LogP contribution in [0.4, 0.5) is 32.0 Å². The van der Waals surface area contributed by atoms with Crippen molar-refractivity contribution in [2.45, 2.75) is 37.3 Å². The number of nitrogen functional groups attached to an aromatic ring is 1. The molecule has 0 bridgehead atoms. The molecule has 1 aromatic rings. The molecule has 0 aromatic heterocycles. The number of rotatable bonds is 4. The number of hydrogen-bond donors (Lipinski definition) is 2. The first-order valence-electron chi connectivity index (χ1n) is 8.67. The van der Waals surface area contributed by atoms with Gasteiger partial charge in [0.05, 0.1) is 6.42 Å². The van der Waals surface area contributed by atoms with E-state index in [-0.39, 0.29) is 24.7 Å². The van der Waals surface area contributed by atoms with Crippen LogP contribution in [-0.4, -0.2) is 53.0 Å². The quantitative estimate of drug-likeness (QED) is 0.553. The molecule has 0 radical (unpaired) electrons. The topological polar surface area (TPSA) is 108 Å². The van der Waals surface area contributed by atoms with Gasteiger partial charge >= 0.3 is 18.3 Å². The average Bonchev–Trinajstić information content (AvgIpc) is 3.26. The van der Waals surface area contributed by atoms with Gasteiger partial charge in [-0.2, -0.15) is 26.3 Å². The molecule has 3 N–H and O–H groups in total. The Morgan fingerprint density at radius 1 is 1.17 bits per heavy atom. The van der Waals surface area contributed by atoms with E-state index in [0.717, 1.165) is 5.56 Å². The molecule has 0 saturated carbocycles. The Hall–Kier alpha value is -2.86. The molecule has 1 fully saturated rings. The highest BCUT2D eigenvalue weighted by Gasteiger charge is 2.64. The number of carbonyl (C=O) groups is 2. The normalized spacial score (nSPS) is 19.8. The number of nitrogens with two attached hydrogens (primary N) is 1. The van der Waals surface area contributed by atoms with E-state index in [0.29, 0.717) is 25.2 Å². The molecular formula is C17H18F6N4O3. The zero-order valence-electron chi connectivity index (χ0n) is 15.4. The number of halogens is 6. The first-order chi connectivity index (χ1) is 13.7. The number of anilines is 1. The number of carbonyl (C=O) groups excluding carboxylic acids is 1. The zero-order chi connectivity index (χ0) is 22.7. The van der Waals surface area contributed by atoms with Crippen LogP contribution in [0.25, 0.3) is 0 Å². The van der Waals surface area contributed by atoms with Crippen LogP contribution in [-0.2, 0) is 16.0 Å². The van der Waals surface area contributed by atoms with E-state index in [2.05, 4.69) is 10.2 Å². The minimum Gasteiger partial charge on any atom is -0.475 e. The molecule has 2 heterocycles. The lowest BCUT2D eigenvalue weighted by molar-refractivity contribution is -0.192. The number of carboxylic acids is 1. The smallest absolute Gasteiger partial charge is 0.475 e. The number of hydrogen-bond acceptors (Lipinski definition) is 5. The third-order valence-corrected chi connectivity index (χ3v) is 4.65. The molecule has 1 saturated heterocycles. The number of aliphatic carboxylic acids is 1. The van der Waals surface area contributed by atoms with Gasteiger partial charge < -0.3 is 15.7 Å². The monoisotopic (exact) mass is 440 g/mol. The van der Waals surface area contributed by atoms with Gasteiger partial charge in [0.15, 0.2) is 0 Å². The number of alkyl halides is 6. The van der Waals surface area contributed by atoms with E-state index in [4.69, 9.17) is 15.6 Å². The maximum Gasteiger partial charge on any atom is 0.490 e. The molecule has 0 aliphatic carbocycles. The van der Waals surface area contributed by atoms with E-state index in [9.17, 15) is 31.1 Å². The van der Waals surface area contributed by atoms with Gasteiger partial charge in [-0.25, -0.2) is 4.79 Å². The molecule has 13 heteroatoms. The average molecular weight is 440 g/mol. The Kier molecular flexibility index (Phi) is 6.62. The summed E-state index contributed by atoms with van der Waals surface area (Å²) in [6.45, 7) is 0.776. The molecule has 30 heavy (non-hydrogen) atoms. The summed E-state index contributed by atoms with van der Waals surface area (Å²) >= 11 is 0. The van der Waals surface area contributed by atoms with Gasteiger partial charge in [0, 0.05) is 25.2 Å². The number of amides is 1. The van der Waals surface area contributed by atoms with Gasteiger partial charge in [-0.15, -0.1) is 10.2 Å². The van der Waals surface area contributed by atoms with Gasteiger partial charge in [-0.3, -0.25) is 4.79 Å². The summed E-state index contributed by atoms with van der Waals surface area (Å²) in [5, 5.41) is 13.5. The summed E-state index contributed by atoms with van der Waals surface area (Å²) in [6, 6.07) is 7.09. The molecule has 0 spiro atoms. The van der Waals surface area contributed by atoms with Crippen LogP contribution in [0.15, 0.2) is 34.5 Å². The molecule has 2 aliphatic rings. The first-order valence-corrected chi connectivity index (χ1v) is 8.67. The van der Waals surface area contributed by atoms with Crippen LogP contribution in [0.3, 0.4) is 0 Å². The predicted molar refractivity (Wildman–Crippen MR) is 91.2 cm³/mol. The number of benzene rings is 1. The summed E-state index contributed by atoms with van der Waals surface area (Å²) in [5.74, 6) is -3.10. The number of likely N-dealkylation sites (tertiary alicyclic amines) is 1. The van der Waals surface area contributed by atoms with Gasteiger partial charge in [0.1, 0.15) is 0 Å². The lowest BCUT2D eigenvalue weighted by Crippen LogP contribution is -2.36. The third kappa shape index (κ3) is 5.83. The number of carboxylic acid groups (broad SMARTS) is 1. The minimum atomic E-state index is -5.08. The molecule has 1 aromatic carbocycles. The van der Waals surface area contributed by atoms with Crippen LogP contribution < -0.4 is 5.73 Å². The van der Waals surface area contributed by atoms with Crippen molar-refractivity contribution in [1.29, 1.82) is 0 Å². The molecule has 1 amide bonds. The molecule has 1 atom stereocenters. The van der Waals surface area contributed by atoms with E-state index < -0.39 is 24.0 Å². The Morgan fingerprint density at radius 3 is 2.20 bits per heavy atom. The summed E-state index contributed by atoms with van der Waals surface area (Å²) in [7, 11) is 0. The highest BCUT2D eigenvalue weighted by Crippen LogP contribution is 2.49. The van der Waals surface area contributed by atoms with E-state index in [1.54, 1.807) is 29.2 Å². The Labute approximate surface area is 166 Å². The molecule has 3 rings (SSSR count). The van der Waals surface area contributed by atoms with Gasteiger partial charge in [-0.1, -0.05) is 18.2 Å². The van der Waals surface area contributed by atoms with Crippen molar-refractivity contribution in [3.63, 3.8) is 0 Å². The zero-order valence-corrected chi connectivity index (χ0v) is 15.4. The van der Waals surface area contributed by atoms with Crippen molar-refractivity contribution in [2.24, 2.45) is 16.1 Å². The summed E-state index contributed by atoms with van der Waals surface area (Å²) in [6.07, 6.45) is -8.99. The second kappa shape index (κ2) is 8.48. The lowest BCUT2D eigenvalue weighted by atomic mass is 9.96. The molecule has 2 aliphatic heterocycles. The van der Waals surface area contributed by atoms with E-state index >= 15 is 0 Å². The van der Waals surface area contributed by atoms with Crippen LogP contribution in [0.5, 0.6) is 0 Å². The van der Waals surface area contributed by atoms with Crippen molar-refractivity contribution < 1.29 is 41.0 Å². The van der Waals surface area contributed by atoms with Crippen LogP contribution >= 0.6 is 0 Å². The minimum absolute atomic E-state index is 0.115. The van der Waals surface area contributed by atoms with Gasteiger partial charge in [0.2, 0.25) is 5.91 Å². The molecular weight excluding hydrogens is 422 g/mol. The third-order valence-electron chi connectivity index (χ3n) is 4.65. The lowest BCUT2D eigenvalue weighted by Gasteiger charge is -2.20. The Bertz CT molecular complexity index is 818. The van der Waals surface area contributed by atoms with E-state index in [1.807, 2.05) is 0 Å². The molecule has 166 valence electrons. The molecule has 7 nitrogen and oxygen atoms in total. The first kappa shape index (κ1) is 23.4. The predicted octanol–water partition coefficient (Wildman–Crippen LogP) is 3.41. The van der Waals surface area contributed by atoms with Crippen molar-refractivity contribution in [2.75, 3.05) is 18.8 Å². The number of nitrogens with zero attached hydrogens (tertiary/aromatic N) is 3. The number of para-hydroxylation sites is 1. The van der Waals surface area contributed by atoms with Crippen LogP contribution in [0, 0.1) is 5.92 Å². The SMILES string of the molecule is Nc1ccccc1CC(=O)N1CCC(CC2(C(F)(F)F)N=N2)C1.O=C(O)C(F)(F)F. The maximum absolute atomic E-state index is 12.9. The van der Waals surface area contributed by atoms with E-state index in [1.165, 1.54) is 0 Å². The van der Waals surface area contributed by atoms with Gasteiger partial charge in [0.25, 0.3) is 5.66 Å². The van der Waals surface area contributed by atoms with Crippen LogP contribution in [0.2, 0.25) is 0 Å². The highest BCUT2D eigenvalue weighted by atomic mass is 19.4. The summed E-state index contributed by atoms with van der Waals surface area (Å²) < 4.78 is 70.3. The second-order valence-corrected chi connectivity index (χ2v) is 6.89. The Balaban J connectivity index is 0.000000396. The summed E-state index contributed by atoms with van der Waals surface area (Å²) in [5.41, 5.74) is 4.87. The van der Waals surface area contributed by atoms with Crippen LogP contribution in [0.1, 0.15) is 18.4 Å². The van der Waals surface area contributed by atoms with Crippen molar-refractivity contribution >= 4 is 17.6 Å². The standard InChI is InChI=1S/C15H17F3N4O.C2HF3O2/c16-15(17,18)14(20-21-14)8-10-5-6-22(9-10)13(23)7-11-3-1-2-4-12(11)19;3-2(4,5)1(6)7/h1-4,10H,5-9,19H2;(H,6,7).